The molecule has 0 aliphatic carbocycles. The summed E-state index contributed by atoms with van der Waals surface area (Å²) in [4.78, 5) is 10.6. The third-order valence-electron chi connectivity index (χ3n) is 2.81. The molecule has 2 aromatic rings. The van der Waals surface area contributed by atoms with Gasteiger partial charge in [0.2, 0.25) is 10.0 Å². The second-order valence-corrected chi connectivity index (χ2v) is 8.59. The van der Waals surface area contributed by atoms with Crippen molar-refractivity contribution in [2.45, 2.75) is 11.4 Å². The molecule has 0 saturated heterocycles. The molecule has 0 spiro atoms. The first-order valence-electron chi connectivity index (χ1n) is 5.86. The molecule has 1 heterocycles. The van der Waals surface area contributed by atoms with Gasteiger partial charge in [0, 0.05) is 29.6 Å². The summed E-state index contributed by atoms with van der Waals surface area (Å²) in [7, 11) is -2.68. The summed E-state index contributed by atoms with van der Waals surface area (Å²) in [5.74, 6) is 0. The molecule has 0 atom stereocenters. The number of sulfonamides is 1. The van der Waals surface area contributed by atoms with Crippen LogP contribution in [-0.2, 0) is 16.6 Å². The summed E-state index contributed by atoms with van der Waals surface area (Å²) >= 11 is 12.7. The summed E-state index contributed by atoms with van der Waals surface area (Å²) < 4.78 is 26.6. The third-order valence-corrected chi connectivity index (χ3v) is 6.12. The second-order valence-electron chi connectivity index (χ2n) is 4.34. The molecule has 0 radical (unpaired) electrons. The lowest BCUT2D eigenvalue weighted by atomic mass is 10.3. The van der Waals surface area contributed by atoms with E-state index in [1.807, 2.05) is 0 Å². The first-order valence-corrected chi connectivity index (χ1v) is 8.87. The number of benzene rings is 1. The van der Waals surface area contributed by atoms with Gasteiger partial charge >= 0.3 is 0 Å². The van der Waals surface area contributed by atoms with E-state index in [4.69, 9.17) is 23.2 Å². The maximum absolute atomic E-state index is 12.5. The lowest BCUT2D eigenvalue weighted by molar-refractivity contribution is -0.387. The van der Waals surface area contributed by atoms with Gasteiger partial charge in [0.25, 0.3) is 5.69 Å². The van der Waals surface area contributed by atoms with Crippen molar-refractivity contribution in [2.24, 2.45) is 0 Å². The molecule has 1 aromatic heterocycles. The van der Waals surface area contributed by atoms with E-state index in [1.54, 1.807) is 12.1 Å². The summed E-state index contributed by atoms with van der Waals surface area (Å²) in [6, 6.07) is 6.82. The van der Waals surface area contributed by atoms with Gasteiger partial charge in [0.15, 0.2) is 4.90 Å². The fourth-order valence-electron chi connectivity index (χ4n) is 1.76. The van der Waals surface area contributed by atoms with Gasteiger partial charge in [0.1, 0.15) is 0 Å². The van der Waals surface area contributed by atoms with E-state index in [-0.39, 0.29) is 11.6 Å². The molecule has 2 rings (SSSR count). The predicted molar refractivity (Wildman–Crippen MR) is 86.1 cm³/mol. The van der Waals surface area contributed by atoms with Crippen molar-refractivity contribution in [3.63, 3.8) is 0 Å². The molecule has 0 saturated carbocycles. The summed E-state index contributed by atoms with van der Waals surface area (Å²) in [5.41, 5.74) is -0.552. The fourth-order valence-corrected chi connectivity index (χ4v) is 4.43. The van der Waals surface area contributed by atoms with Crippen molar-refractivity contribution >= 4 is 50.2 Å². The number of nitrogens with zero attached hydrogens (tertiary/aromatic N) is 2. The largest absolute Gasteiger partial charge is 0.290 e. The zero-order valence-corrected chi connectivity index (χ0v) is 14.3. The smallest absolute Gasteiger partial charge is 0.258 e. The molecule has 0 aliphatic heterocycles. The lowest BCUT2D eigenvalue weighted by Crippen LogP contribution is -2.26. The third kappa shape index (κ3) is 3.58. The van der Waals surface area contributed by atoms with Crippen LogP contribution in [0.3, 0.4) is 0 Å². The van der Waals surface area contributed by atoms with E-state index in [0.29, 0.717) is 4.34 Å². The van der Waals surface area contributed by atoms with Crippen LogP contribution in [0.15, 0.2) is 35.2 Å². The van der Waals surface area contributed by atoms with Crippen molar-refractivity contribution in [1.82, 2.24) is 4.31 Å². The van der Waals surface area contributed by atoms with E-state index in [0.717, 1.165) is 21.3 Å². The van der Waals surface area contributed by atoms with Gasteiger partial charge in [-0.1, -0.05) is 23.2 Å². The average Bonchev–Trinajstić information content (AvgIpc) is 2.83. The Morgan fingerprint density at radius 1 is 1.27 bits per heavy atom. The van der Waals surface area contributed by atoms with Crippen LogP contribution < -0.4 is 0 Å². The topological polar surface area (TPSA) is 80.5 Å². The molecule has 0 bridgehead atoms. The van der Waals surface area contributed by atoms with E-state index >= 15 is 0 Å². The van der Waals surface area contributed by atoms with Crippen molar-refractivity contribution < 1.29 is 13.3 Å². The first-order chi connectivity index (χ1) is 10.2. The molecular weight excluding hydrogens is 371 g/mol. The maximum atomic E-state index is 12.5. The Hall–Kier alpha value is -1.19. The first kappa shape index (κ1) is 17.2. The summed E-state index contributed by atoms with van der Waals surface area (Å²) in [6.45, 7) is 0.0689. The number of nitro groups is 1. The van der Waals surface area contributed by atoms with E-state index in [1.165, 1.54) is 24.5 Å². The Balaban J connectivity index is 2.39. The van der Waals surface area contributed by atoms with Crippen LogP contribution in [0.2, 0.25) is 9.36 Å². The minimum Gasteiger partial charge on any atom is -0.258 e. The van der Waals surface area contributed by atoms with Crippen LogP contribution in [-0.4, -0.2) is 24.7 Å². The van der Waals surface area contributed by atoms with Gasteiger partial charge in [-0.25, -0.2) is 8.42 Å². The van der Waals surface area contributed by atoms with E-state index in [9.17, 15) is 18.5 Å². The van der Waals surface area contributed by atoms with Crippen LogP contribution in [0.1, 0.15) is 4.88 Å². The number of halogens is 2. The zero-order chi connectivity index (χ0) is 16.5. The molecule has 0 aliphatic rings. The molecular formula is C12H10Cl2N2O4S2. The molecule has 22 heavy (non-hydrogen) atoms. The van der Waals surface area contributed by atoms with Crippen LogP contribution >= 0.6 is 34.5 Å². The Bertz CT molecular complexity index is 820. The SMILES string of the molecule is CN(Cc1ccc(Cl)s1)S(=O)(=O)c1ccc(Cl)cc1[N+](=O)[O-]. The number of thiophene rings is 1. The normalized spacial score (nSPS) is 11.8. The predicted octanol–water partition coefficient (Wildman–Crippen LogP) is 3.78. The highest BCUT2D eigenvalue weighted by atomic mass is 35.5. The quantitative estimate of drug-likeness (QED) is 0.583. The van der Waals surface area contributed by atoms with Gasteiger partial charge in [-0.15, -0.1) is 11.3 Å². The second kappa shape index (κ2) is 6.51. The molecule has 0 fully saturated rings. The van der Waals surface area contributed by atoms with Gasteiger partial charge in [-0.3, -0.25) is 10.1 Å². The van der Waals surface area contributed by atoms with Crippen molar-refractivity contribution in [2.75, 3.05) is 7.05 Å². The highest BCUT2D eigenvalue weighted by molar-refractivity contribution is 7.89. The van der Waals surface area contributed by atoms with Gasteiger partial charge in [-0.2, -0.15) is 4.31 Å². The van der Waals surface area contributed by atoms with Crippen molar-refractivity contribution in [3.8, 4) is 0 Å². The molecule has 10 heteroatoms. The zero-order valence-electron chi connectivity index (χ0n) is 11.2. The highest BCUT2D eigenvalue weighted by Gasteiger charge is 2.30. The summed E-state index contributed by atoms with van der Waals surface area (Å²) in [6.07, 6.45) is 0. The number of rotatable bonds is 5. The standard InChI is InChI=1S/C12H10Cl2N2O4S2/c1-15(7-9-3-5-12(14)21-9)22(19,20)11-4-2-8(13)6-10(11)16(17)18/h2-6H,7H2,1H3. The van der Waals surface area contributed by atoms with Crippen LogP contribution in [0.5, 0.6) is 0 Å². The molecule has 118 valence electrons. The van der Waals surface area contributed by atoms with Crippen molar-refractivity contribution in [3.05, 3.63) is 54.7 Å². The van der Waals surface area contributed by atoms with Crippen LogP contribution in [0.25, 0.3) is 0 Å². The Kier molecular flexibility index (Phi) is 5.08. The number of hydrogen-bond donors (Lipinski definition) is 0. The molecule has 1 aromatic carbocycles. The Morgan fingerprint density at radius 2 is 1.95 bits per heavy atom. The van der Waals surface area contributed by atoms with Gasteiger partial charge in [-0.05, 0) is 24.3 Å². The van der Waals surface area contributed by atoms with Crippen molar-refractivity contribution in [1.29, 1.82) is 0 Å². The van der Waals surface area contributed by atoms with Gasteiger partial charge in [0.05, 0.1) is 9.26 Å². The number of nitro benzene ring substituents is 1. The monoisotopic (exact) mass is 380 g/mol. The minimum absolute atomic E-state index is 0.0689. The fraction of sp³-hybridized carbons (Fsp3) is 0.167. The molecule has 6 nitrogen and oxygen atoms in total. The minimum atomic E-state index is -4.02. The lowest BCUT2D eigenvalue weighted by Gasteiger charge is -2.16. The average molecular weight is 381 g/mol. The number of hydrogen-bond acceptors (Lipinski definition) is 5. The Morgan fingerprint density at radius 3 is 2.50 bits per heavy atom. The molecule has 0 N–H and O–H groups in total. The van der Waals surface area contributed by atoms with Gasteiger partial charge < -0.3 is 0 Å². The van der Waals surface area contributed by atoms with Crippen LogP contribution in [0, 0.1) is 10.1 Å². The molecule has 0 unspecified atom stereocenters. The van der Waals surface area contributed by atoms with Crippen LogP contribution in [0.4, 0.5) is 5.69 Å². The highest BCUT2D eigenvalue weighted by Crippen LogP contribution is 2.30. The van der Waals surface area contributed by atoms with E-state index < -0.39 is 25.5 Å². The van der Waals surface area contributed by atoms with E-state index in [2.05, 4.69) is 0 Å². The maximum Gasteiger partial charge on any atom is 0.290 e. The molecule has 0 amide bonds. The summed E-state index contributed by atoms with van der Waals surface area (Å²) in [5, 5.41) is 11.1. The Labute approximate surface area is 141 Å².